The molecule has 1 aromatic rings. The van der Waals surface area contributed by atoms with Crippen molar-refractivity contribution in [3.8, 4) is 0 Å². The standard InChI is InChI=1S/C17H30N4O3/c1-12(2)11-23-17(22)21-8-6-7-20(9-10-21)14(5)16-18-15(13(3)4)19-24-16/h12-14H,6-11H2,1-5H3/t14-/m0/s1. The van der Waals surface area contributed by atoms with Crippen LogP contribution in [0, 0.1) is 5.92 Å². The first-order valence-electron chi connectivity index (χ1n) is 8.87. The maximum Gasteiger partial charge on any atom is 0.409 e. The Hall–Kier alpha value is -1.63. The van der Waals surface area contributed by atoms with Crippen LogP contribution in [-0.2, 0) is 4.74 Å². The molecule has 7 heteroatoms. The van der Waals surface area contributed by atoms with E-state index in [0.717, 1.165) is 31.9 Å². The molecule has 7 nitrogen and oxygen atoms in total. The van der Waals surface area contributed by atoms with Crippen molar-refractivity contribution >= 4 is 6.09 Å². The summed E-state index contributed by atoms with van der Waals surface area (Å²) in [6, 6.07) is 0.0524. The van der Waals surface area contributed by atoms with Gasteiger partial charge in [-0.3, -0.25) is 4.90 Å². The quantitative estimate of drug-likeness (QED) is 0.822. The minimum absolute atomic E-state index is 0.0524. The number of rotatable bonds is 5. The van der Waals surface area contributed by atoms with Gasteiger partial charge in [-0.1, -0.05) is 32.9 Å². The maximum absolute atomic E-state index is 12.1. The van der Waals surface area contributed by atoms with Crippen LogP contribution in [0.25, 0.3) is 0 Å². The number of nitrogens with zero attached hydrogens (tertiary/aromatic N) is 4. The van der Waals surface area contributed by atoms with Crippen molar-refractivity contribution in [1.29, 1.82) is 0 Å². The van der Waals surface area contributed by atoms with Crippen LogP contribution in [0.15, 0.2) is 4.52 Å². The fraction of sp³-hybridized carbons (Fsp3) is 0.824. The normalized spacial score (nSPS) is 18.0. The van der Waals surface area contributed by atoms with E-state index in [4.69, 9.17) is 9.26 Å². The molecule has 0 saturated carbocycles. The van der Waals surface area contributed by atoms with Crippen LogP contribution in [0.2, 0.25) is 0 Å². The molecule has 1 saturated heterocycles. The average molecular weight is 338 g/mol. The number of aromatic nitrogens is 2. The van der Waals surface area contributed by atoms with E-state index in [0.29, 0.717) is 25.0 Å². The van der Waals surface area contributed by atoms with Crippen LogP contribution in [0.3, 0.4) is 0 Å². The topological polar surface area (TPSA) is 71.7 Å². The van der Waals surface area contributed by atoms with Crippen molar-refractivity contribution in [2.45, 2.75) is 53.0 Å². The summed E-state index contributed by atoms with van der Waals surface area (Å²) in [4.78, 5) is 20.7. The van der Waals surface area contributed by atoms with Crippen molar-refractivity contribution in [1.82, 2.24) is 19.9 Å². The first-order valence-corrected chi connectivity index (χ1v) is 8.87. The SMILES string of the molecule is CC(C)COC(=O)N1CCCN([C@@H](C)c2nc(C(C)C)no2)CC1. The van der Waals surface area contributed by atoms with Crippen molar-refractivity contribution in [3.05, 3.63) is 11.7 Å². The van der Waals surface area contributed by atoms with Crippen LogP contribution in [0.1, 0.15) is 64.7 Å². The molecule has 1 fully saturated rings. The summed E-state index contributed by atoms with van der Waals surface area (Å²) < 4.78 is 10.7. The predicted molar refractivity (Wildman–Crippen MR) is 90.8 cm³/mol. The first-order chi connectivity index (χ1) is 11.4. The Bertz CT molecular complexity index is 530. The van der Waals surface area contributed by atoms with Gasteiger partial charge in [0.1, 0.15) is 0 Å². The van der Waals surface area contributed by atoms with Gasteiger partial charge in [-0.15, -0.1) is 0 Å². The van der Waals surface area contributed by atoms with E-state index in [-0.39, 0.29) is 18.1 Å². The summed E-state index contributed by atoms with van der Waals surface area (Å²) in [5.74, 6) is 2.00. The Labute approximate surface area is 144 Å². The van der Waals surface area contributed by atoms with Gasteiger partial charge in [-0.25, -0.2) is 4.79 Å². The van der Waals surface area contributed by atoms with Crippen molar-refractivity contribution in [2.75, 3.05) is 32.8 Å². The summed E-state index contributed by atoms with van der Waals surface area (Å²) >= 11 is 0. The minimum atomic E-state index is -0.210. The van der Waals surface area contributed by atoms with Crippen LogP contribution in [-0.4, -0.2) is 58.8 Å². The molecule has 0 N–H and O–H groups in total. The zero-order valence-corrected chi connectivity index (χ0v) is 15.5. The molecule has 1 aromatic heterocycles. The Morgan fingerprint density at radius 2 is 1.92 bits per heavy atom. The van der Waals surface area contributed by atoms with E-state index in [1.807, 2.05) is 27.7 Å². The van der Waals surface area contributed by atoms with Gasteiger partial charge < -0.3 is 14.2 Å². The highest BCUT2D eigenvalue weighted by Gasteiger charge is 2.26. The smallest absolute Gasteiger partial charge is 0.409 e. The minimum Gasteiger partial charge on any atom is -0.449 e. The summed E-state index contributed by atoms with van der Waals surface area (Å²) in [6.45, 7) is 13.8. The van der Waals surface area contributed by atoms with Gasteiger partial charge >= 0.3 is 6.09 Å². The van der Waals surface area contributed by atoms with Gasteiger partial charge in [-0.05, 0) is 19.3 Å². The molecule has 0 spiro atoms. The lowest BCUT2D eigenvalue weighted by molar-refractivity contribution is 0.0919. The Kier molecular flexibility index (Phi) is 6.60. The number of amides is 1. The van der Waals surface area contributed by atoms with E-state index >= 15 is 0 Å². The molecule has 0 aliphatic carbocycles. The first kappa shape index (κ1) is 18.7. The fourth-order valence-electron chi connectivity index (χ4n) is 2.64. The Morgan fingerprint density at radius 3 is 2.54 bits per heavy atom. The fourth-order valence-corrected chi connectivity index (χ4v) is 2.64. The number of ether oxygens (including phenoxy) is 1. The molecule has 1 aliphatic rings. The van der Waals surface area contributed by atoms with Crippen LogP contribution in [0.4, 0.5) is 4.79 Å². The summed E-state index contributed by atoms with van der Waals surface area (Å²) in [7, 11) is 0. The van der Waals surface area contributed by atoms with Crippen LogP contribution < -0.4 is 0 Å². The van der Waals surface area contributed by atoms with E-state index < -0.39 is 0 Å². The van der Waals surface area contributed by atoms with Gasteiger partial charge in [-0.2, -0.15) is 4.98 Å². The molecule has 1 atom stereocenters. The monoisotopic (exact) mass is 338 g/mol. The molecule has 0 aromatic carbocycles. The molecule has 0 radical (unpaired) electrons. The Balaban J connectivity index is 1.90. The van der Waals surface area contributed by atoms with Gasteiger partial charge in [0.05, 0.1) is 12.6 Å². The predicted octanol–water partition coefficient (Wildman–Crippen LogP) is 3.05. The number of carbonyl (C=O) groups is 1. The van der Waals surface area contributed by atoms with E-state index in [9.17, 15) is 4.79 Å². The average Bonchev–Trinajstić information content (AvgIpc) is 2.90. The second-order valence-corrected chi connectivity index (χ2v) is 7.17. The molecule has 136 valence electrons. The van der Waals surface area contributed by atoms with Gasteiger partial charge in [0.15, 0.2) is 5.82 Å². The maximum atomic E-state index is 12.1. The van der Waals surface area contributed by atoms with Gasteiger partial charge in [0, 0.05) is 32.1 Å². The number of carbonyl (C=O) groups excluding carboxylic acids is 1. The molecule has 24 heavy (non-hydrogen) atoms. The van der Waals surface area contributed by atoms with Crippen molar-refractivity contribution < 1.29 is 14.1 Å². The van der Waals surface area contributed by atoms with Crippen LogP contribution in [0.5, 0.6) is 0 Å². The lowest BCUT2D eigenvalue weighted by atomic mass is 10.2. The molecular formula is C17H30N4O3. The molecule has 2 heterocycles. The third-order valence-electron chi connectivity index (χ3n) is 4.21. The second-order valence-electron chi connectivity index (χ2n) is 7.17. The highest BCUT2D eigenvalue weighted by atomic mass is 16.6. The summed E-state index contributed by atoms with van der Waals surface area (Å²) in [5.41, 5.74) is 0. The second kappa shape index (κ2) is 8.46. The van der Waals surface area contributed by atoms with Gasteiger partial charge in [0.25, 0.3) is 0 Å². The molecule has 1 amide bonds. The third-order valence-corrected chi connectivity index (χ3v) is 4.21. The zero-order valence-electron chi connectivity index (χ0n) is 15.5. The van der Waals surface area contributed by atoms with Crippen LogP contribution >= 0.6 is 0 Å². The molecule has 1 aliphatic heterocycles. The number of hydrogen-bond acceptors (Lipinski definition) is 6. The molecular weight excluding hydrogens is 308 g/mol. The highest BCUT2D eigenvalue weighted by molar-refractivity contribution is 5.67. The van der Waals surface area contributed by atoms with E-state index in [1.54, 1.807) is 4.90 Å². The lowest BCUT2D eigenvalue weighted by Crippen LogP contribution is -2.36. The van der Waals surface area contributed by atoms with Gasteiger partial charge in [0.2, 0.25) is 5.89 Å². The van der Waals surface area contributed by atoms with Crippen molar-refractivity contribution in [3.63, 3.8) is 0 Å². The largest absolute Gasteiger partial charge is 0.449 e. The third kappa shape index (κ3) is 4.93. The molecule has 0 unspecified atom stereocenters. The van der Waals surface area contributed by atoms with E-state index in [1.165, 1.54) is 0 Å². The summed E-state index contributed by atoms with van der Waals surface area (Å²) in [6.07, 6.45) is 0.699. The number of hydrogen-bond donors (Lipinski definition) is 0. The lowest BCUT2D eigenvalue weighted by Gasteiger charge is -2.25. The Morgan fingerprint density at radius 1 is 1.17 bits per heavy atom. The highest BCUT2D eigenvalue weighted by Crippen LogP contribution is 2.22. The zero-order chi connectivity index (χ0) is 17.7. The van der Waals surface area contributed by atoms with Crippen molar-refractivity contribution in [2.24, 2.45) is 5.92 Å². The summed E-state index contributed by atoms with van der Waals surface area (Å²) in [5, 5.41) is 4.04. The molecule has 2 rings (SSSR count). The molecule has 0 bridgehead atoms. The van der Waals surface area contributed by atoms with E-state index in [2.05, 4.69) is 22.0 Å².